The van der Waals surface area contributed by atoms with Gasteiger partial charge in [-0.3, -0.25) is 0 Å². The Labute approximate surface area is 107 Å². The second-order valence-electron chi connectivity index (χ2n) is 3.73. The third-order valence-corrected chi connectivity index (χ3v) is 2.37. The van der Waals surface area contributed by atoms with Gasteiger partial charge in [-0.2, -0.15) is 26.3 Å². The highest BCUT2D eigenvalue weighted by atomic mass is 19.4. The molecule has 0 amide bonds. The Morgan fingerprint density at radius 1 is 1.05 bits per heavy atom. The molecule has 1 aromatic rings. The number of rotatable bonds is 2. The van der Waals surface area contributed by atoms with Crippen LogP contribution < -0.4 is 5.73 Å². The number of benzene rings is 1. The molecule has 0 heterocycles. The van der Waals surface area contributed by atoms with Crippen LogP contribution >= 0.6 is 0 Å². The lowest BCUT2D eigenvalue weighted by Crippen LogP contribution is -2.24. The smallest absolute Gasteiger partial charge is 0.418 e. The zero-order chi connectivity index (χ0) is 15.9. The zero-order valence-electron chi connectivity index (χ0n) is 9.38. The van der Waals surface area contributed by atoms with Crippen LogP contribution in [0, 0.1) is 0 Å². The number of anilines is 1. The van der Waals surface area contributed by atoms with Crippen LogP contribution in [0.15, 0.2) is 12.1 Å². The summed E-state index contributed by atoms with van der Waals surface area (Å²) in [7, 11) is 0. The maximum absolute atomic E-state index is 12.8. The number of alkyl halides is 6. The molecule has 0 saturated heterocycles. The number of halogens is 6. The van der Waals surface area contributed by atoms with E-state index in [9.17, 15) is 31.1 Å². The van der Waals surface area contributed by atoms with Crippen LogP contribution in [0.3, 0.4) is 0 Å². The summed E-state index contributed by atoms with van der Waals surface area (Å²) in [4.78, 5) is 10.5. The summed E-state index contributed by atoms with van der Waals surface area (Å²) < 4.78 is 76.4. The zero-order valence-corrected chi connectivity index (χ0v) is 9.38. The highest BCUT2D eigenvalue weighted by molar-refractivity contribution is 5.76. The highest BCUT2D eigenvalue weighted by Gasteiger charge is 2.47. The van der Waals surface area contributed by atoms with Gasteiger partial charge in [-0.05, 0) is 6.07 Å². The van der Waals surface area contributed by atoms with Crippen LogP contribution in [0.25, 0.3) is 0 Å². The fourth-order valence-corrected chi connectivity index (χ4v) is 1.61. The fourth-order valence-electron chi connectivity index (χ4n) is 1.61. The molecule has 0 saturated carbocycles. The van der Waals surface area contributed by atoms with Crippen LogP contribution in [0.2, 0.25) is 0 Å². The van der Waals surface area contributed by atoms with Crippen molar-refractivity contribution in [3.05, 3.63) is 28.8 Å². The molecule has 1 atom stereocenters. The largest absolute Gasteiger partial charge is 0.479 e. The van der Waals surface area contributed by atoms with E-state index in [0.717, 1.165) is 0 Å². The maximum Gasteiger partial charge on any atom is 0.418 e. The van der Waals surface area contributed by atoms with Gasteiger partial charge in [0.15, 0.2) is 6.10 Å². The van der Waals surface area contributed by atoms with E-state index in [0.29, 0.717) is 12.1 Å². The molecule has 0 aliphatic heterocycles. The van der Waals surface area contributed by atoms with E-state index in [1.54, 1.807) is 0 Å². The number of aliphatic hydroxyl groups is 1. The standard InChI is InChI=1S/C10H7F6NO3/c11-9(12,13)5-3(7(18)8(19)20)1-2-4(17)6(5)10(14,15)16/h1-2,7,18H,17H2,(H,19,20). The Bertz CT molecular complexity index is 537. The molecular formula is C10H7F6NO3. The van der Waals surface area contributed by atoms with E-state index in [1.165, 1.54) is 0 Å². The monoisotopic (exact) mass is 303 g/mol. The second kappa shape index (κ2) is 4.85. The molecule has 0 aromatic heterocycles. The van der Waals surface area contributed by atoms with Crippen molar-refractivity contribution in [3.63, 3.8) is 0 Å². The van der Waals surface area contributed by atoms with E-state index in [-0.39, 0.29) is 0 Å². The minimum absolute atomic E-state index is 0.395. The molecule has 4 nitrogen and oxygen atoms in total. The maximum atomic E-state index is 12.8. The molecule has 0 bridgehead atoms. The van der Waals surface area contributed by atoms with Crippen LogP contribution in [-0.2, 0) is 17.1 Å². The summed E-state index contributed by atoms with van der Waals surface area (Å²) in [5.74, 6) is -2.12. The molecule has 0 aliphatic carbocycles. The Morgan fingerprint density at radius 3 is 1.85 bits per heavy atom. The summed E-state index contributed by atoms with van der Waals surface area (Å²) in [5, 5.41) is 17.6. The first-order chi connectivity index (χ1) is 8.87. The van der Waals surface area contributed by atoms with Gasteiger partial charge in [0.05, 0.1) is 11.1 Å². The lowest BCUT2D eigenvalue weighted by molar-refractivity contribution is -0.163. The fraction of sp³-hybridized carbons (Fsp3) is 0.300. The Balaban J connectivity index is 3.77. The summed E-state index contributed by atoms with van der Waals surface area (Å²) in [6, 6.07) is 0.853. The van der Waals surface area contributed by atoms with E-state index < -0.39 is 46.8 Å². The van der Waals surface area contributed by atoms with E-state index in [2.05, 4.69) is 0 Å². The number of carbonyl (C=O) groups is 1. The van der Waals surface area contributed by atoms with Crippen molar-refractivity contribution < 1.29 is 41.4 Å². The molecule has 0 radical (unpaired) electrons. The van der Waals surface area contributed by atoms with Gasteiger partial charge in [0.25, 0.3) is 0 Å². The van der Waals surface area contributed by atoms with E-state index >= 15 is 0 Å². The molecule has 0 spiro atoms. The predicted octanol–water partition coefficient (Wildman–Crippen LogP) is 2.42. The lowest BCUT2D eigenvalue weighted by atomic mass is 9.94. The molecule has 1 aromatic carbocycles. The Kier molecular flexibility index (Phi) is 3.90. The number of aliphatic hydroxyl groups excluding tert-OH is 1. The number of nitrogens with two attached hydrogens (primary N) is 1. The number of carboxylic acid groups (broad SMARTS) is 1. The molecule has 1 rings (SSSR count). The highest BCUT2D eigenvalue weighted by Crippen LogP contribution is 2.46. The van der Waals surface area contributed by atoms with Crippen molar-refractivity contribution in [2.75, 3.05) is 5.73 Å². The van der Waals surface area contributed by atoms with Gasteiger partial charge in [-0.15, -0.1) is 0 Å². The molecule has 1 unspecified atom stereocenters. The first-order valence-corrected chi connectivity index (χ1v) is 4.85. The Morgan fingerprint density at radius 2 is 1.50 bits per heavy atom. The van der Waals surface area contributed by atoms with Crippen molar-refractivity contribution in [2.24, 2.45) is 0 Å². The molecule has 112 valence electrons. The molecule has 4 N–H and O–H groups in total. The van der Waals surface area contributed by atoms with E-state index in [4.69, 9.17) is 15.9 Å². The van der Waals surface area contributed by atoms with Crippen LogP contribution in [0.4, 0.5) is 32.0 Å². The first-order valence-electron chi connectivity index (χ1n) is 4.85. The number of nitrogen functional groups attached to an aromatic ring is 1. The van der Waals surface area contributed by atoms with Crippen LogP contribution in [0.1, 0.15) is 22.8 Å². The summed E-state index contributed by atoms with van der Waals surface area (Å²) in [6.07, 6.45) is -13.7. The minimum atomic E-state index is -5.54. The SMILES string of the molecule is Nc1ccc(C(O)C(=O)O)c(C(F)(F)F)c1C(F)(F)F. The quantitative estimate of drug-likeness (QED) is 0.579. The van der Waals surface area contributed by atoms with Crippen molar-refractivity contribution in [2.45, 2.75) is 18.5 Å². The second-order valence-corrected chi connectivity index (χ2v) is 3.73. The lowest BCUT2D eigenvalue weighted by Gasteiger charge is -2.21. The average Bonchev–Trinajstić information content (AvgIpc) is 2.24. The molecular weight excluding hydrogens is 296 g/mol. The molecule has 10 heteroatoms. The van der Waals surface area contributed by atoms with Gasteiger partial charge < -0.3 is 15.9 Å². The third kappa shape index (κ3) is 2.95. The van der Waals surface area contributed by atoms with Gasteiger partial charge >= 0.3 is 18.3 Å². The number of carboxylic acids is 1. The van der Waals surface area contributed by atoms with Gasteiger partial charge in [-0.1, -0.05) is 6.07 Å². The van der Waals surface area contributed by atoms with Crippen LogP contribution in [-0.4, -0.2) is 16.2 Å². The normalized spacial score (nSPS) is 14.2. The summed E-state index contributed by atoms with van der Waals surface area (Å²) >= 11 is 0. The third-order valence-electron chi connectivity index (χ3n) is 2.37. The van der Waals surface area contributed by atoms with Crippen LogP contribution in [0.5, 0.6) is 0 Å². The van der Waals surface area contributed by atoms with Gasteiger partial charge in [-0.25, -0.2) is 4.79 Å². The van der Waals surface area contributed by atoms with Gasteiger partial charge in [0, 0.05) is 11.3 Å². The number of hydrogen-bond donors (Lipinski definition) is 3. The van der Waals surface area contributed by atoms with Crippen molar-refractivity contribution in [1.82, 2.24) is 0 Å². The summed E-state index contributed by atoms with van der Waals surface area (Å²) in [6.45, 7) is 0. The Hall–Kier alpha value is -1.97. The first kappa shape index (κ1) is 16.1. The molecule has 20 heavy (non-hydrogen) atoms. The summed E-state index contributed by atoms with van der Waals surface area (Å²) in [5.41, 5.74) is -2.27. The number of aliphatic carboxylic acids is 1. The predicted molar refractivity (Wildman–Crippen MR) is 53.5 cm³/mol. The topological polar surface area (TPSA) is 83.5 Å². The van der Waals surface area contributed by atoms with Gasteiger partial charge in [0.2, 0.25) is 0 Å². The van der Waals surface area contributed by atoms with Crippen molar-refractivity contribution in [1.29, 1.82) is 0 Å². The average molecular weight is 303 g/mol. The van der Waals surface area contributed by atoms with E-state index in [1.807, 2.05) is 0 Å². The van der Waals surface area contributed by atoms with Gasteiger partial charge in [0.1, 0.15) is 0 Å². The molecule has 0 aliphatic rings. The number of hydrogen-bond acceptors (Lipinski definition) is 3. The molecule has 0 fully saturated rings. The van der Waals surface area contributed by atoms with Crippen molar-refractivity contribution in [3.8, 4) is 0 Å². The minimum Gasteiger partial charge on any atom is -0.479 e. The van der Waals surface area contributed by atoms with Crippen molar-refractivity contribution >= 4 is 11.7 Å².